The predicted octanol–water partition coefficient (Wildman–Crippen LogP) is 3.97. The maximum Gasteiger partial charge on any atom is 0.409 e. The van der Waals surface area contributed by atoms with Crippen LogP contribution in [0.25, 0.3) is 16.9 Å². The van der Waals surface area contributed by atoms with E-state index in [4.69, 9.17) is 4.74 Å². The molecule has 0 aromatic carbocycles. The molecule has 0 atom stereocenters. The molecule has 1 saturated carbocycles. The van der Waals surface area contributed by atoms with Crippen molar-refractivity contribution in [3.8, 4) is 11.3 Å². The van der Waals surface area contributed by atoms with Crippen molar-refractivity contribution in [1.29, 1.82) is 0 Å². The zero-order valence-electron chi connectivity index (χ0n) is 15.9. The van der Waals surface area contributed by atoms with Gasteiger partial charge < -0.3 is 9.64 Å². The van der Waals surface area contributed by atoms with Crippen LogP contribution in [0.15, 0.2) is 29.5 Å². The first-order valence-electron chi connectivity index (χ1n) is 9.75. The third-order valence-corrected chi connectivity index (χ3v) is 6.54. The molecule has 4 heterocycles. The Bertz CT molecular complexity index is 987. The van der Waals surface area contributed by atoms with Crippen LogP contribution in [0.2, 0.25) is 0 Å². The minimum absolute atomic E-state index is 0.169. The molecule has 8 heteroatoms. The minimum Gasteiger partial charge on any atom is -0.449 e. The molecule has 5 rings (SSSR count). The second-order valence-electron chi connectivity index (χ2n) is 8.21. The fourth-order valence-corrected chi connectivity index (χ4v) is 4.29. The van der Waals surface area contributed by atoms with Gasteiger partial charge in [0.2, 0.25) is 0 Å². The van der Waals surface area contributed by atoms with Crippen molar-refractivity contribution in [2.45, 2.75) is 38.5 Å². The number of aromatic nitrogens is 4. The number of likely N-dealkylation sites (tertiary alicyclic amines) is 1. The quantitative estimate of drug-likeness (QED) is 0.666. The Kier molecular flexibility index (Phi) is 4.30. The first kappa shape index (κ1) is 17.6. The van der Waals surface area contributed by atoms with Gasteiger partial charge in [-0.3, -0.25) is 0 Å². The molecule has 0 N–H and O–H groups in total. The van der Waals surface area contributed by atoms with Gasteiger partial charge in [0.25, 0.3) is 0 Å². The smallest absolute Gasteiger partial charge is 0.409 e. The maximum absolute atomic E-state index is 12.3. The van der Waals surface area contributed by atoms with E-state index in [9.17, 15) is 4.79 Å². The molecule has 28 heavy (non-hydrogen) atoms. The summed E-state index contributed by atoms with van der Waals surface area (Å²) in [6.45, 7) is 4.15. The van der Waals surface area contributed by atoms with E-state index < -0.39 is 0 Å². The summed E-state index contributed by atoms with van der Waals surface area (Å²) in [5.41, 5.74) is 5.98. The third kappa shape index (κ3) is 3.37. The Morgan fingerprint density at radius 3 is 2.82 bits per heavy atom. The predicted molar refractivity (Wildman–Crippen MR) is 106 cm³/mol. The van der Waals surface area contributed by atoms with Gasteiger partial charge >= 0.3 is 6.09 Å². The molecule has 1 aliphatic heterocycles. The van der Waals surface area contributed by atoms with E-state index in [-0.39, 0.29) is 11.5 Å². The zero-order chi connectivity index (χ0) is 19.1. The van der Waals surface area contributed by atoms with Crippen LogP contribution in [0.3, 0.4) is 0 Å². The van der Waals surface area contributed by atoms with Gasteiger partial charge in [-0.2, -0.15) is 5.10 Å². The van der Waals surface area contributed by atoms with Crippen LogP contribution in [0.1, 0.15) is 44.1 Å². The van der Waals surface area contributed by atoms with Crippen LogP contribution in [-0.2, 0) is 4.74 Å². The first-order chi connectivity index (χ1) is 13.6. The Labute approximate surface area is 167 Å². The number of carbonyl (C=O) groups is 1. The summed E-state index contributed by atoms with van der Waals surface area (Å²) in [5.74, 6) is 0.361. The Morgan fingerprint density at radius 2 is 2.11 bits per heavy atom. The van der Waals surface area contributed by atoms with Gasteiger partial charge in [0.15, 0.2) is 5.65 Å². The molecule has 0 radical (unpaired) electrons. The number of carbonyl (C=O) groups excluding carboxylic acids is 1. The topological polar surface area (TPSA) is 72.6 Å². The van der Waals surface area contributed by atoms with Crippen molar-refractivity contribution in [2.24, 2.45) is 5.41 Å². The van der Waals surface area contributed by atoms with Crippen molar-refractivity contribution >= 4 is 23.1 Å². The summed E-state index contributed by atoms with van der Waals surface area (Å²) in [6.07, 6.45) is 9.72. The van der Waals surface area contributed by atoms with E-state index in [1.807, 2.05) is 38.9 Å². The highest BCUT2D eigenvalue weighted by Crippen LogP contribution is 2.45. The van der Waals surface area contributed by atoms with Gasteiger partial charge in [0.05, 0.1) is 24.0 Å². The van der Waals surface area contributed by atoms with E-state index in [2.05, 4.69) is 22.0 Å². The molecule has 1 saturated heterocycles. The molecule has 0 spiro atoms. The molecule has 2 aliphatic rings. The Balaban J connectivity index is 1.25. The SMILES string of the molecule is CC1(COC(=O)N2CCC(c3cnn4cc(-c5cscn5)cnc34)CC2)CC1. The first-order valence-corrected chi connectivity index (χ1v) is 10.7. The van der Waals surface area contributed by atoms with E-state index in [0.717, 1.165) is 48.2 Å². The molecule has 7 nitrogen and oxygen atoms in total. The highest BCUT2D eigenvalue weighted by molar-refractivity contribution is 7.07. The van der Waals surface area contributed by atoms with Gasteiger partial charge in [0, 0.05) is 47.4 Å². The van der Waals surface area contributed by atoms with Gasteiger partial charge in [-0.1, -0.05) is 6.92 Å². The van der Waals surface area contributed by atoms with E-state index in [0.29, 0.717) is 25.6 Å². The van der Waals surface area contributed by atoms with E-state index >= 15 is 0 Å². The molecular formula is C20H23N5O2S. The number of piperidine rings is 1. The van der Waals surface area contributed by atoms with Crippen LogP contribution >= 0.6 is 11.3 Å². The number of fused-ring (bicyclic) bond motifs is 1. The monoisotopic (exact) mass is 397 g/mol. The van der Waals surface area contributed by atoms with Crippen molar-refractivity contribution < 1.29 is 9.53 Å². The number of ether oxygens (including phenoxy) is 1. The molecule has 1 aliphatic carbocycles. The fraction of sp³-hybridized carbons (Fsp3) is 0.500. The zero-order valence-corrected chi connectivity index (χ0v) is 16.7. The van der Waals surface area contributed by atoms with Crippen LogP contribution < -0.4 is 0 Å². The number of hydrogen-bond donors (Lipinski definition) is 0. The van der Waals surface area contributed by atoms with E-state index in [1.54, 1.807) is 11.3 Å². The van der Waals surface area contributed by atoms with E-state index in [1.165, 1.54) is 0 Å². The average Bonchev–Trinajstić information content (AvgIpc) is 3.14. The Morgan fingerprint density at radius 1 is 1.29 bits per heavy atom. The summed E-state index contributed by atoms with van der Waals surface area (Å²) >= 11 is 1.57. The summed E-state index contributed by atoms with van der Waals surface area (Å²) < 4.78 is 7.34. The Hall–Kier alpha value is -2.48. The van der Waals surface area contributed by atoms with Crippen LogP contribution in [-0.4, -0.2) is 50.3 Å². The van der Waals surface area contributed by atoms with Gasteiger partial charge in [0.1, 0.15) is 0 Å². The molecule has 3 aromatic rings. The lowest BCUT2D eigenvalue weighted by Crippen LogP contribution is -2.38. The minimum atomic E-state index is -0.169. The van der Waals surface area contributed by atoms with Gasteiger partial charge in [-0.05, 0) is 31.6 Å². The lowest BCUT2D eigenvalue weighted by Gasteiger charge is -2.31. The second kappa shape index (κ2) is 6.84. The highest BCUT2D eigenvalue weighted by atomic mass is 32.1. The summed E-state index contributed by atoms with van der Waals surface area (Å²) in [4.78, 5) is 23.1. The average molecular weight is 398 g/mol. The molecule has 1 amide bonds. The highest BCUT2D eigenvalue weighted by Gasteiger charge is 2.39. The van der Waals surface area contributed by atoms with Crippen LogP contribution in [0, 0.1) is 5.41 Å². The van der Waals surface area contributed by atoms with Gasteiger partial charge in [-0.15, -0.1) is 11.3 Å². The van der Waals surface area contributed by atoms with Crippen molar-refractivity contribution in [1.82, 2.24) is 24.5 Å². The van der Waals surface area contributed by atoms with Crippen molar-refractivity contribution in [2.75, 3.05) is 19.7 Å². The molecule has 0 unspecified atom stereocenters. The number of amides is 1. The number of nitrogens with zero attached hydrogens (tertiary/aromatic N) is 5. The van der Waals surface area contributed by atoms with Crippen LogP contribution in [0.5, 0.6) is 0 Å². The molecule has 146 valence electrons. The lowest BCUT2D eigenvalue weighted by atomic mass is 9.91. The number of thiazole rings is 1. The largest absolute Gasteiger partial charge is 0.449 e. The van der Waals surface area contributed by atoms with Crippen molar-refractivity contribution in [3.63, 3.8) is 0 Å². The molecule has 2 fully saturated rings. The number of hydrogen-bond acceptors (Lipinski definition) is 6. The van der Waals surface area contributed by atoms with Crippen molar-refractivity contribution in [3.05, 3.63) is 35.0 Å². The van der Waals surface area contributed by atoms with Gasteiger partial charge in [-0.25, -0.2) is 19.3 Å². The molecular weight excluding hydrogens is 374 g/mol. The third-order valence-electron chi connectivity index (χ3n) is 5.95. The van der Waals surface area contributed by atoms with Crippen LogP contribution in [0.4, 0.5) is 4.79 Å². The summed E-state index contributed by atoms with van der Waals surface area (Å²) in [5, 5.41) is 6.51. The fourth-order valence-electron chi connectivity index (χ4n) is 3.73. The summed E-state index contributed by atoms with van der Waals surface area (Å²) in [6, 6.07) is 0. The normalized spacial score (nSPS) is 19.1. The molecule has 3 aromatic heterocycles. The lowest BCUT2D eigenvalue weighted by molar-refractivity contribution is 0.0778. The maximum atomic E-state index is 12.3. The standard InChI is InChI=1S/C20H23N5O2S/c1-20(4-5-20)12-27-19(26)24-6-2-14(3-7-24)16-9-23-25-10-15(8-21-18(16)25)17-11-28-13-22-17/h8-11,13-14H,2-7,12H2,1H3. The number of rotatable bonds is 4. The molecule has 0 bridgehead atoms. The second-order valence-corrected chi connectivity index (χ2v) is 8.93. The summed E-state index contributed by atoms with van der Waals surface area (Å²) in [7, 11) is 0.